The monoisotopic (exact) mass is 466 g/mol. The molecule has 0 aliphatic carbocycles. The number of aliphatic carboxylic acids is 1. The smallest absolute Gasteiger partial charge is 0.320 e. The number of nitrogens with one attached hydrogen (secondary N) is 1. The van der Waals surface area contributed by atoms with Crippen LogP contribution in [-0.4, -0.2) is 48.6 Å². The summed E-state index contributed by atoms with van der Waals surface area (Å²) >= 11 is 0. The van der Waals surface area contributed by atoms with Crippen LogP contribution in [-0.2, 0) is 9.59 Å². The van der Waals surface area contributed by atoms with Crippen LogP contribution in [0.15, 0.2) is 12.2 Å². The van der Waals surface area contributed by atoms with Crippen molar-refractivity contribution < 1.29 is 14.7 Å². The highest BCUT2D eigenvalue weighted by atomic mass is 16.4. The molecule has 0 radical (unpaired) electrons. The van der Waals surface area contributed by atoms with Crippen molar-refractivity contribution in [2.45, 2.75) is 135 Å². The van der Waals surface area contributed by atoms with Gasteiger partial charge in [0.15, 0.2) is 0 Å². The van der Waals surface area contributed by atoms with Gasteiger partial charge in [-0.15, -0.1) is 0 Å². The third kappa shape index (κ3) is 22.2. The van der Waals surface area contributed by atoms with E-state index in [-0.39, 0.29) is 5.91 Å². The minimum absolute atomic E-state index is 0.134. The summed E-state index contributed by atoms with van der Waals surface area (Å²) in [4.78, 5) is 24.8. The Bertz CT molecular complexity index is 492. The number of rotatable bonds is 24. The molecule has 0 aromatic rings. The van der Waals surface area contributed by atoms with Gasteiger partial charge in [0.25, 0.3) is 0 Å². The number of carbonyl (C=O) groups excluding carboxylic acids is 1. The first-order valence-electron chi connectivity index (χ1n) is 13.8. The zero-order valence-electron chi connectivity index (χ0n) is 22.1. The molecule has 5 nitrogen and oxygen atoms in total. The standard InChI is InChI=1S/C28H54N2O3/c1-4-5-6-7-8-9-10-11-12-13-14-15-16-17-18-19-20-24-27(31)29-25-22-21-23-26(28(32)33)30(2)3/h6-7,26H,4-5,8-25H2,1-3H3,(H,29,31)(H,32,33)/b7-6+/t26-/m0/s1. The van der Waals surface area contributed by atoms with Gasteiger partial charge in [0.05, 0.1) is 0 Å². The van der Waals surface area contributed by atoms with Gasteiger partial charge >= 0.3 is 5.97 Å². The van der Waals surface area contributed by atoms with E-state index < -0.39 is 12.0 Å². The van der Waals surface area contributed by atoms with E-state index in [9.17, 15) is 9.59 Å². The predicted octanol–water partition coefficient (Wildman–Crippen LogP) is 7.11. The maximum absolute atomic E-state index is 11.9. The molecule has 0 aliphatic heterocycles. The van der Waals surface area contributed by atoms with Crippen molar-refractivity contribution in [3.63, 3.8) is 0 Å². The van der Waals surface area contributed by atoms with E-state index in [0.717, 1.165) is 25.7 Å². The number of amides is 1. The van der Waals surface area contributed by atoms with Crippen molar-refractivity contribution in [2.75, 3.05) is 20.6 Å². The van der Waals surface area contributed by atoms with Gasteiger partial charge in [-0.05, 0) is 59.0 Å². The maximum atomic E-state index is 11.9. The Hall–Kier alpha value is -1.36. The van der Waals surface area contributed by atoms with E-state index in [1.165, 1.54) is 83.5 Å². The second-order valence-corrected chi connectivity index (χ2v) is 9.70. The second-order valence-electron chi connectivity index (χ2n) is 9.70. The summed E-state index contributed by atoms with van der Waals surface area (Å²) in [5.74, 6) is -0.643. The van der Waals surface area contributed by atoms with Gasteiger partial charge in [-0.2, -0.15) is 0 Å². The molecule has 0 bridgehead atoms. The Morgan fingerprint density at radius 3 is 1.79 bits per heavy atom. The van der Waals surface area contributed by atoms with Crippen molar-refractivity contribution in [3.8, 4) is 0 Å². The number of likely N-dealkylation sites (N-methyl/N-ethyl adjacent to an activating group) is 1. The van der Waals surface area contributed by atoms with Crippen LogP contribution in [0.2, 0.25) is 0 Å². The molecule has 2 N–H and O–H groups in total. The lowest BCUT2D eigenvalue weighted by atomic mass is 10.0. The first kappa shape index (κ1) is 31.6. The Morgan fingerprint density at radius 2 is 1.27 bits per heavy atom. The summed E-state index contributed by atoms with van der Waals surface area (Å²) in [5, 5.41) is 12.1. The molecule has 0 heterocycles. The molecule has 0 aromatic carbocycles. The average Bonchev–Trinajstić information content (AvgIpc) is 2.77. The molecule has 0 aromatic heterocycles. The number of hydrogen-bond donors (Lipinski definition) is 2. The van der Waals surface area contributed by atoms with Gasteiger partial charge in [0.1, 0.15) is 6.04 Å². The first-order valence-corrected chi connectivity index (χ1v) is 13.8. The van der Waals surface area contributed by atoms with Gasteiger partial charge in [-0.25, -0.2) is 0 Å². The molecule has 0 aliphatic rings. The zero-order valence-corrected chi connectivity index (χ0v) is 22.1. The quantitative estimate of drug-likeness (QED) is 0.117. The normalized spacial score (nSPS) is 12.5. The highest BCUT2D eigenvalue weighted by Gasteiger charge is 2.18. The first-order chi connectivity index (χ1) is 16.0. The van der Waals surface area contributed by atoms with E-state index >= 15 is 0 Å². The summed E-state index contributed by atoms with van der Waals surface area (Å²) in [7, 11) is 3.58. The molecule has 0 saturated heterocycles. The van der Waals surface area contributed by atoms with Crippen LogP contribution in [0.4, 0.5) is 0 Å². The lowest BCUT2D eigenvalue weighted by molar-refractivity contribution is -0.142. The molecule has 1 amide bonds. The molecule has 33 heavy (non-hydrogen) atoms. The lowest BCUT2D eigenvalue weighted by Gasteiger charge is -2.19. The number of nitrogens with zero attached hydrogens (tertiary/aromatic N) is 1. The van der Waals surface area contributed by atoms with Crippen LogP contribution in [0.25, 0.3) is 0 Å². The van der Waals surface area contributed by atoms with Crippen molar-refractivity contribution >= 4 is 11.9 Å². The Labute approximate surface area is 204 Å². The number of carboxylic acid groups (broad SMARTS) is 1. The molecular formula is C28H54N2O3. The van der Waals surface area contributed by atoms with Crippen LogP contribution < -0.4 is 5.32 Å². The number of unbranched alkanes of at least 4 members (excludes halogenated alkanes) is 14. The van der Waals surface area contributed by atoms with Crippen LogP contribution in [0.3, 0.4) is 0 Å². The fourth-order valence-electron chi connectivity index (χ4n) is 4.10. The number of carboxylic acids is 1. The van der Waals surface area contributed by atoms with Gasteiger partial charge in [0, 0.05) is 13.0 Å². The van der Waals surface area contributed by atoms with Crippen molar-refractivity contribution in [3.05, 3.63) is 12.2 Å². The number of allylic oxidation sites excluding steroid dienone is 2. The van der Waals surface area contributed by atoms with Crippen molar-refractivity contribution in [2.24, 2.45) is 0 Å². The minimum Gasteiger partial charge on any atom is -0.480 e. The largest absolute Gasteiger partial charge is 0.480 e. The molecule has 1 atom stereocenters. The van der Waals surface area contributed by atoms with E-state index in [2.05, 4.69) is 24.4 Å². The summed E-state index contributed by atoms with van der Waals surface area (Å²) in [6, 6.07) is -0.437. The maximum Gasteiger partial charge on any atom is 0.320 e. The SMILES string of the molecule is CCC/C=C/CCCCCCCCCCCCCCC(=O)NCCCC[C@@H](C(=O)O)N(C)C. The predicted molar refractivity (Wildman–Crippen MR) is 141 cm³/mol. The Balaban J connectivity index is 3.32. The molecule has 0 fully saturated rings. The second kappa shape index (κ2) is 23.8. The van der Waals surface area contributed by atoms with Crippen LogP contribution >= 0.6 is 0 Å². The number of hydrogen-bond acceptors (Lipinski definition) is 3. The van der Waals surface area contributed by atoms with Gasteiger partial charge in [0.2, 0.25) is 5.91 Å². The molecule has 0 unspecified atom stereocenters. The van der Waals surface area contributed by atoms with Crippen molar-refractivity contribution in [1.82, 2.24) is 10.2 Å². The topological polar surface area (TPSA) is 69.6 Å². The van der Waals surface area contributed by atoms with E-state index in [1.807, 2.05) is 0 Å². The summed E-state index contributed by atoms with van der Waals surface area (Å²) in [6.07, 6.45) is 26.9. The fraction of sp³-hybridized carbons (Fsp3) is 0.857. The minimum atomic E-state index is -0.777. The Kier molecular flexibility index (Phi) is 22.8. The van der Waals surface area contributed by atoms with E-state index in [0.29, 0.717) is 19.4 Å². The van der Waals surface area contributed by atoms with Crippen LogP contribution in [0.5, 0.6) is 0 Å². The average molecular weight is 467 g/mol. The summed E-state index contributed by atoms with van der Waals surface area (Å²) in [6.45, 7) is 2.87. The highest BCUT2D eigenvalue weighted by molar-refractivity contribution is 5.75. The van der Waals surface area contributed by atoms with Crippen LogP contribution in [0.1, 0.15) is 129 Å². The Morgan fingerprint density at radius 1 is 0.758 bits per heavy atom. The molecule has 0 saturated carbocycles. The van der Waals surface area contributed by atoms with Crippen LogP contribution in [0, 0.1) is 0 Å². The molecular weight excluding hydrogens is 412 g/mol. The summed E-state index contributed by atoms with van der Waals surface area (Å²) in [5.41, 5.74) is 0. The zero-order chi connectivity index (χ0) is 24.6. The summed E-state index contributed by atoms with van der Waals surface area (Å²) < 4.78 is 0. The fourth-order valence-corrected chi connectivity index (χ4v) is 4.10. The molecule has 0 rings (SSSR count). The number of carbonyl (C=O) groups is 2. The molecule has 5 heteroatoms. The highest BCUT2D eigenvalue weighted by Crippen LogP contribution is 2.13. The van der Waals surface area contributed by atoms with Gasteiger partial charge in [-0.3, -0.25) is 14.5 Å². The van der Waals surface area contributed by atoms with E-state index in [1.54, 1.807) is 19.0 Å². The third-order valence-corrected chi connectivity index (χ3v) is 6.28. The third-order valence-electron chi connectivity index (χ3n) is 6.28. The molecule has 0 spiro atoms. The molecule has 194 valence electrons. The van der Waals surface area contributed by atoms with Crippen molar-refractivity contribution in [1.29, 1.82) is 0 Å². The van der Waals surface area contributed by atoms with Gasteiger partial charge < -0.3 is 10.4 Å². The van der Waals surface area contributed by atoms with Gasteiger partial charge in [-0.1, -0.05) is 89.7 Å². The van der Waals surface area contributed by atoms with E-state index in [4.69, 9.17) is 5.11 Å². The lowest BCUT2D eigenvalue weighted by Crippen LogP contribution is -2.35.